The number of nitrogens with two attached hydrogens (primary N) is 1. The molecule has 0 aromatic heterocycles. The number of hydrogen-bond acceptors (Lipinski definition) is 2. The summed E-state index contributed by atoms with van der Waals surface area (Å²) in [6.07, 6.45) is 3.03. The molecular weight excluding hydrogens is 234 g/mol. The number of allylic oxidation sites excluding steroid dienone is 1. The maximum atomic E-state index is 5.91. The molecule has 0 saturated heterocycles. The van der Waals surface area contributed by atoms with Crippen molar-refractivity contribution in [1.82, 2.24) is 0 Å². The maximum Gasteiger partial charge on any atom is 0.123 e. The van der Waals surface area contributed by atoms with Gasteiger partial charge in [-0.15, -0.1) is 0 Å². The average Bonchev–Trinajstić information content (AvgIpc) is 2.46. The highest BCUT2D eigenvalue weighted by Crippen LogP contribution is 2.19. The molecule has 0 saturated carbocycles. The second-order valence-electron chi connectivity index (χ2n) is 4.37. The topological polar surface area (TPSA) is 35.2 Å². The van der Waals surface area contributed by atoms with Crippen molar-refractivity contribution in [2.75, 3.05) is 5.73 Å². The van der Waals surface area contributed by atoms with Crippen LogP contribution in [0, 0.1) is 0 Å². The smallest absolute Gasteiger partial charge is 0.123 e. The van der Waals surface area contributed by atoms with Crippen LogP contribution in [0.2, 0.25) is 0 Å². The van der Waals surface area contributed by atoms with Crippen molar-refractivity contribution in [3.63, 3.8) is 0 Å². The molecule has 0 bridgehead atoms. The Bertz CT molecular complexity index is 529. The van der Waals surface area contributed by atoms with Gasteiger partial charge >= 0.3 is 0 Å². The van der Waals surface area contributed by atoms with Gasteiger partial charge in [-0.1, -0.05) is 37.3 Å². The molecule has 98 valence electrons. The fourth-order valence-corrected chi connectivity index (χ4v) is 1.83. The van der Waals surface area contributed by atoms with E-state index in [-0.39, 0.29) is 0 Å². The second-order valence-corrected chi connectivity index (χ2v) is 4.37. The molecule has 0 amide bonds. The van der Waals surface area contributed by atoms with Gasteiger partial charge in [-0.2, -0.15) is 0 Å². The third kappa shape index (κ3) is 3.88. The van der Waals surface area contributed by atoms with Crippen LogP contribution in [0.15, 0.2) is 60.7 Å². The third-order valence-corrected chi connectivity index (χ3v) is 2.82. The predicted octanol–water partition coefficient (Wildman–Crippen LogP) is 4.24. The van der Waals surface area contributed by atoms with Gasteiger partial charge in [-0.3, -0.25) is 0 Å². The molecule has 0 aliphatic rings. The van der Waals surface area contributed by atoms with Gasteiger partial charge in [0.15, 0.2) is 0 Å². The average molecular weight is 253 g/mol. The first-order valence-electron chi connectivity index (χ1n) is 6.52. The van der Waals surface area contributed by atoms with Crippen molar-refractivity contribution in [3.05, 3.63) is 71.8 Å². The zero-order valence-corrected chi connectivity index (χ0v) is 11.2. The van der Waals surface area contributed by atoms with Crippen molar-refractivity contribution in [1.29, 1.82) is 0 Å². The summed E-state index contributed by atoms with van der Waals surface area (Å²) in [6, 6.07) is 17.9. The van der Waals surface area contributed by atoms with Crippen molar-refractivity contribution in [2.45, 2.75) is 20.0 Å². The molecule has 2 N–H and O–H groups in total. The van der Waals surface area contributed by atoms with Crippen LogP contribution in [-0.4, -0.2) is 0 Å². The van der Waals surface area contributed by atoms with Crippen LogP contribution in [0.3, 0.4) is 0 Å². The molecule has 2 heteroatoms. The minimum absolute atomic E-state index is 0.580. The Kier molecular flexibility index (Phi) is 4.62. The molecule has 0 aliphatic heterocycles. The Morgan fingerprint density at radius 1 is 1.05 bits per heavy atom. The van der Waals surface area contributed by atoms with E-state index in [9.17, 15) is 0 Å². The molecule has 0 fully saturated rings. The fraction of sp³-hybridized carbons (Fsp3) is 0.176. The molecule has 0 unspecified atom stereocenters. The van der Waals surface area contributed by atoms with Crippen molar-refractivity contribution >= 4 is 11.4 Å². The normalized spacial score (nSPS) is 11.3. The zero-order chi connectivity index (χ0) is 13.5. The van der Waals surface area contributed by atoms with E-state index in [4.69, 9.17) is 10.5 Å². The zero-order valence-electron chi connectivity index (χ0n) is 11.2. The van der Waals surface area contributed by atoms with E-state index in [0.717, 1.165) is 23.4 Å². The lowest BCUT2D eigenvalue weighted by Gasteiger charge is -2.11. The number of anilines is 1. The Hall–Kier alpha value is -2.22. The van der Waals surface area contributed by atoms with E-state index in [1.165, 1.54) is 5.56 Å². The van der Waals surface area contributed by atoms with E-state index in [1.54, 1.807) is 0 Å². The monoisotopic (exact) mass is 253 g/mol. The highest BCUT2D eigenvalue weighted by molar-refractivity contribution is 5.61. The van der Waals surface area contributed by atoms with Crippen LogP contribution in [0.5, 0.6) is 0 Å². The molecule has 2 aromatic carbocycles. The molecule has 0 atom stereocenters. The van der Waals surface area contributed by atoms with E-state index in [0.29, 0.717) is 6.61 Å². The lowest BCUT2D eigenvalue weighted by atomic mass is 10.1. The molecule has 2 nitrogen and oxygen atoms in total. The van der Waals surface area contributed by atoms with Gasteiger partial charge in [-0.25, -0.2) is 0 Å². The van der Waals surface area contributed by atoms with Crippen molar-refractivity contribution in [3.8, 4) is 0 Å². The van der Waals surface area contributed by atoms with E-state index in [1.807, 2.05) is 42.5 Å². The lowest BCUT2D eigenvalue weighted by Crippen LogP contribution is -1.94. The van der Waals surface area contributed by atoms with E-state index >= 15 is 0 Å². The lowest BCUT2D eigenvalue weighted by molar-refractivity contribution is 0.263. The first-order chi connectivity index (χ1) is 9.29. The third-order valence-electron chi connectivity index (χ3n) is 2.82. The summed E-state index contributed by atoms with van der Waals surface area (Å²) in [7, 11) is 0. The minimum Gasteiger partial charge on any atom is -0.489 e. The second kappa shape index (κ2) is 6.64. The Balaban J connectivity index is 2.09. The van der Waals surface area contributed by atoms with Gasteiger partial charge in [0.05, 0.1) is 0 Å². The molecule has 0 spiro atoms. The van der Waals surface area contributed by atoms with Gasteiger partial charge in [0, 0.05) is 11.3 Å². The van der Waals surface area contributed by atoms with Crippen LogP contribution >= 0.6 is 0 Å². The molecule has 2 aromatic rings. The molecule has 2 rings (SSSR count). The quantitative estimate of drug-likeness (QED) is 0.639. The molecular formula is C17H19NO. The number of benzene rings is 2. The van der Waals surface area contributed by atoms with Crippen LogP contribution in [0.1, 0.15) is 24.5 Å². The Morgan fingerprint density at radius 2 is 1.74 bits per heavy atom. The summed E-state index contributed by atoms with van der Waals surface area (Å²) in [6.45, 7) is 2.68. The SMILES string of the molecule is CC/C=C(\OCc1ccccc1)c1ccc(N)cc1. The molecule has 0 radical (unpaired) electrons. The standard InChI is InChI=1S/C17H19NO/c1-2-6-17(15-9-11-16(18)12-10-15)19-13-14-7-4-3-5-8-14/h3-12H,2,13,18H2,1H3/b17-6-. The summed E-state index contributed by atoms with van der Waals surface area (Å²) in [5, 5.41) is 0. The van der Waals surface area contributed by atoms with E-state index in [2.05, 4.69) is 25.1 Å². The predicted molar refractivity (Wildman–Crippen MR) is 80.4 cm³/mol. The number of hydrogen-bond donors (Lipinski definition) is 1. The fourth-order valence-electron chi connectivity index (χ4n) is 1.83. The first kappa shape index (κ1) is 13.2. The van der Waals surface area contributed by atoms with Crippen LogP contribution in [-0.2, 0) is 11.3 Å². The molecule has 0 aliphatic carbocycles. The summed E-state index contributed by atoms with van der Waals surface area (Å²) in [4.78, 5) is 0. The Morgan fingerprint density at radius 3 is 2.37 bits per heavy atom. The first-order valence-corrected chi connectivity index (χ1v) is 6.52. The van der Waals surface area contributed by atoms with Gasteiger partial charge in [0.2, 0.25) is 0 Å². The summed E-state index contributed by atoms with van der Waals surface area (Å²) >= 11 is 0. The molecule has 19 heavy (non-hydrogen) atoms. The Labute approximate surface area is 114 Å². The van der Waals surface area contributed by atoms with Gasteiger partial charge in [0.25, 0.3) is 0 Å². The number of ether oxygens (including phenoxy) is 1. The largest absolute Gasteiger partial charge is 0.489 e. The number of rotatable bonds is 5. The molecule has 0 heterocycles. The van der Waals surface area contributed by atoms with Gasteiger partial charge < -0.3 is 10.5 Å². The maximum absolute atomic E-state index is 5.91. The van der Waals surface area contributed by atoms with Gasteiger partial charge in [0.1, 0.15) is 12.4 Å². The van der Waals surface area contributed by atoms with Crippen molar-refractivity contribution in [2.24, 2.45) is 0 Å². The summed E-state index contributed by atoms with van der Waals surface area (Å²) in [5.41, 5.74) is 8.70. The van der Waals surface area contributed by atoms with Crippen LogP contribution < -0.4 is 5.73 Å². The van der Waals surface area contributed by atoms with Crippen LogP contribution in [0.25, 0.3) is 5.76 Å². The van der Waals surface area contributed by atoms with E-state index < -0.39 is 0 Å². The summed E-state index contributed by atoms with van der Waals surface area (Å²) in [5.74, 6) is 0.909. The summed E-state index contributed by atoms with van der Waals surface area (Å²) < 4.78 is 5.91. The highest BCUT2D eigenvalue weighted by atomic mass is 16.5. The minimum atomic E-state index is 0.580. The highest BCUT2D eigenvalue weighted by Gasteiger charge is 2.02. The van der Waals surface area contributed by atoms with Crippen LogP contribution in [0.4, 0.5) is 5.69 Å². The van der Waals surface area contributed by atoms with Gasteiger partial charge in [-0.05, 0) is 42.3 Å². The van der Waals surface area contributed by atoms with Crippen molar-refractivity contribution < 1.29 is 4.74 Å². The number of nitrogen functional groups attached to an aromatic ring is 1.